The lowest BCUT2D eigenvalue weighted by Gasteiger charge is -2.24. The molecule has 9 heteroatoms. The SMILES string of the molecule is CCCCCCCCCCCCCCCC(=O)OC[C@@H](NC(=O)CCl)[C@@H](O)c1ccc([N+](=O)[O-])cc1. The number of alkyl halides is 1. The first-order chi connectivity index (χ1) is 17.4. The third-order valence-electron chi connectivity index (χ3n) is 6.20. The standard InChI is InChI=1S/C27H43ClN2O6/c1-2-3-4-5-6-7-8-9-10-11-12-13-14-15-26(32)36-21-24(29-25(31)20-28)27(33)22-16-18-23(19-17-22)30(34)35/h16-19,24,27,33H,2-15,20-21H2,1H3,(H,29,31)/t24-,27+/m1/s1. The number of hydrogen-bond acceptors (Lipinski definition) is 6. The zero-order chi connectivity index (χ0) is 26.6. The summed E-state index contributed by atoms with van der Waals surface area (Å²) in [5.41, 5.74) is 0.240. The first-order valence-electron chi connectivity index (χ1n) is 13.3. The van der Waals surface area contributed by atoms with E-state index in [0.717, 1.165) is 19.3 Å². The van der Waals surface area contributed by atoms with E-state index >= 15 is 0 Å². The zero-order valence-electron chi connectivity index (χ0n) is 21.6. The minimum Gasteiger partial charge on any atom is -0.463 e. The van der Waals surface area contributed by atoms with Crippen LogP contribution in [0.3, 0.4) is 0 Å². The summed E-state index contributed by atoms with van der Waals surface area (Å²) in [4.78, 5) is 34.2. The zero-order valence-corrected chi connectivity index (χ0v) is 22.3. The molecule has 204 valence electrons. The molecule has 2 atom stereocenters. The maximum Gasteiger partial charge on any atom is 0.305 e. The Morgan fingerprint density at radius 1 is 0.944 bits per heavy atom. The Morgan fingerprint density at radius 3 is 1.92 bits per heavy atom. The van der Waals surface area contributed by atoms with Crippen molar-refractivity contribution in [2.75, 3.05) is 12.5 Å². The number of benzene rings is 1. The molecule has 0 aliphatic carbocycles. The Labute approximate surface area is 220 Å². The molecular weight excluding hydrogens is 484 g/mol. The molecule has 1 aromatic rings. The number of esters is 1. The molecule has 0 aliphatic heterocycles. The molecule has 0 aromatic heterocycles. The second-order valence-electron chi connectivity index (χ2n) is 9.28. The van der Waals surface area contributed by atoms with E-state index in [-0.39, 0.29) is 30.6 Å². The van der Waals surface area contributed by atoms with Crippen LogP contribution in [0.2, 0.25) is 0 Å². The number of carbonyl (C=O) groups is 2. The predicted molar refractivity (Wildman–Crippen MR) is 142 cm³/mol. The highest BCUT2D eigenvalue weighted by Gasteiger charge is 2.25. The average molecular weight is 527 g/mol. The van der Waals surface area contributed by atoms with Crippen molar-refractivity contribution in [3.05, 3.63) is 39.9 Å². The summed E-state index contributed by atoms with van der Waals surface area (Å²) in [5.74, 6) is -1.22. The lowest BCUT2D eigenvalue weighted by molar-refractivity contribution is -0.384. The number of amides is 1. The summed E-state index contributed by atoms with van der Waals surface area (Å²) >= 11 is 5.56. The van der Waals surface area contributed by atoms with Crippen LogP contribution in [0.1, 0.15) is 108 Å². The summed E-state index contributed by atoms with van der Waals surface area (Å²) in [6.07, 6.45) is 14.9. The van der Waals surface area contributed by atoms with E-state index in [1.807, 2.05) is 0 Å². The van der Waals surface area contributed by atoms with Crippen LogP contribution in [0.25, 0.3) is 0 Å². The van der Waals surface area contributed by atoms with Gasteiger partial charge >= 0.3 is 5.97 Å². The number of nitro benzene ring substituents is 1. The van der Waals surface area contributed by atoms with Crippen LogP contribution in [0.4, 0.5) is 5.69 Å². The number of aliphatic hydroxyl groups excluding tert-OH is 1. The molecule has 36 heavy (non-hydrogen) atoms. The maximum absolute atomic E-state index is 12.2. The van der Waals surface area contributed by atoms with Gasteiger partial charge in [0.25, 0.3) is 5.69 Å². The Morgan fingerprint density at radius 2 is 1.44 bits per heavy atom. The summed E-state index contributed by atoms with van der Waals surface area (Å²) in [6, 6.07) is 4.41. The summed E-state index contributed by atoms with van der Waals surface area (Å²) in [5, 5.41) is 24.0. The van der Waals surface area contributed by atoms with Gasteiger partial charge in [-0.25, -0.2) is 0 Å². The number of nitrogens with zero attached hydrogens (tertiary/aromatic N) is 1. The number of non-ortho nitro benzene ring substituents is 1. The molecule has 0 radical (unpaired) electrons. The second kappa shape index (κ2) is 19.9. The number of unbranched alkanes of at least 4 members (excludes halogenated alkanes) is 12. The van der Waals surface area contributed by atoms with Gasteiger partial charge < -0.3 is 15.2 Å². The minimum absolute atomic E-state index is 0.114. The van der Waals surface area contributed by atoms with E-state index < -0.39 is 23.0 Å². The van der Waals surface area contributed by atoms with E-state index in [4.69, 9.17) is 16.3 Å². The summed E-state index contributed by atoms with van der Waals surface area (Å²) in [6.45, 7) is 2.01. The fourth-order valence-corrected chi connectivity index (χ4v) is 4.10. The molecular formula is C27H43ClN2O6. The maximum atomic E-state index is 12.2. The Balaban J connectivity index is 2.26. The number of ether oxygens (including phenoxy) is 1. The van der Waals surface area contributed by atoms with Gasteiger partial charge in [0.05, 0.1) is 11.0 Å². The van der Waals surface area contributed by atoms with Crippen molar-refractivity contribution < 1.29 is 24.4 Å². The first-order valence-corrected chi connectivity index (χ1v) is 13.9. The fourth-order valence-electron chi connectivity index (χ4n) is 4.02. The Bertz CT molecular complexity index is 759. The topological polar surface area (TPSA) is 119 Å². The van der Waals surface area contributed by atoms with Crippen LogP contribution in [0.15, 0.2) is 24.3 Å². The quantitative estimate of drug-likeness (QED) is 0.0630. The van der Waals surface area contributed by atoms with Crippen molar-refractivity contribution in [1.82, 2.24) is 5.32 Å². The molecule has 1 amide bonds. The van der Waals surface area contributed by atoms with Gasteiger partial charge in [-0.1, -0.05) is 84.0 Å². The van der Waals surface area contributed by atoms with Crippen molar-refractivity contribution in [1.29, 1.82) is 0 Å². The van der Waals surface area contributed by atoms with Crippen LogP contribution in [0, 0.1) is 10.1 Å². The van der Waals surface area contributed by atoms with Gasteiger partial charge in [-0.15, -0.1) is 11.6 Å². The van der Waals surface area contributed by atoms with Crippen molar-refractivity contribution >= 4 is 29.2 Å². The van der Waals surface area contributed by atoms with Gasteiger partial charge in [0.1, 0.15) is 18.6 Å². The number of hydrogen-bond donors (Lipinski definition) is 2. The van der Waals surface area contributed by atoms with E-state index in [1.165, 1.54) is 88.5 Å². The van der Waals surface area contributed by atoms with Gasteiger partial charge in [0.2, 0.25) is 5.91 Å². The molecule has 8 nitrogen and oxygen atoms in total. The molecule has 2 N–H and O–H groups in total. The van der Waals surface area contributed by atoms with Gasteiger partial charge in [-0.3, -0.25) is 19.7 Å². The van der Waals surface area contributed by atoms with Gasteiger partial charge in [-0.05, 0) is 24.1 Å². The van der Waals surface area contributed by atoms with Crippen LogP contribution in [-0.2, 0) is 14.3 Å². The molecule has 0 saturated carbocycles. The highest BCUT2D eigenvalue weighted by molar-refractivity contribution is 6.27. The van der Waals surface area contributed by atoms with Crippen LogP contribution in [-0.4, -0.2) is 40.4 Å². The van der Waals surface area contributed by atoms with E-state index in [9.17, 15) is 24.8 Å². The number of nitro groups is 1. The fraction of sp³-hybridized carbons (Fsp3) is 0.704. The van der Waals surface area contributed by atoms with Crippen LogP contribution < -0.4 is 5.32 Å². The third kappa shape index (κ3) is 14.4. The Kier molecular flexibility index (Phi) is 17.6. The average Bonchev–Trinajstić information content (AvgIpc) is 2.88. The monoisotopic (exact) mass is 526 g/mol. The number of rotatable bonds is 21. The van der Waals surface area contributed by atoms with E-state index in [0.29, 0.717) is 5.56 Å². The van der Waals surface area contributed by atoms with Crippen molar-refractivity contribution in [2.45, 2.75) is 109 Å². The summed E-state index contributed by atoms with van der Waals surface area (Å²) in [7, 11) is 0. The number of halogens is 1. The molecule has 0 unspecified atom stereocenters. The lowest BCUT2D eigenvalue weighted by atomic mass is 10.0. The molecule has 0 heterocycles. The molecule has 1 aromatic carbocycles. The van der Waals surface area contributed by atoms with Crippen molar-refractivity contribution in [2.24, 2.45) is 0 Å². The van der Waals surface area contributed by atoms with Crippen LogP contribution in [0.5, 0.6) is 0 Å². The third-order valence-corrected chi connectivity index (χ3v) is 6.45. The molecule has 0 saturated heterocycles. The van der Waals surface area contributed by atoms with E-state index in [2.05, 4.69) is 12.2 Å². The first kappa shape index (κ1) is 31.8. The number of carbonyl (C=O) groups excluding carboxylic acids is 2. The highest BCUT2D eigenvalue weighted by Crippen LogP contribution is 2.21. The smallest absolute Gasteiger partial charge is 0.305 e. The lowest BCUT2D eigenvalue weighted by Crippen LogP contribution is -2.43. The molecule has 0 fully saturated rings. The van der Waals surface area contributed by atoms with Crippen molar-refractivity contribution in [3.63, 3.8) is 0 Å². The molecule has 0 bridgehead atoms. The van der Waals surface area contributed by atoms with Gasteiger partial charge in [0.15, 0.2) is 0 Å². The number of nitrogens with one attached hydrogen (secondary N) is 1. The molecule has 0 spiro atoms. The minimum atomic E-state index is -1.22. The molecule has 0 aliphatic rings. The Hall–Kier alpha value is -2.19. The van der Waals surface area contributed by atoms with Gasteiger partial charge in [-0.2, -0.15) is 0 Å². The summed E-state index contributed by atoms with van der Waals surface area (Å²) < 4.78 is 5.30. The molecule has 1 rings (SSSR count). The number of aliphatic hydroxyl groups is 1. The van der Waals surface area contributed by atoms with E-state index in [1.54, 1.807) is 0 Å². The second-order valence-corrected chi connectivity index (χ2v) is 9.54. The normalized spacial score (nSPS) is 12.6. The predicted octanol–water partition coefficient (Wildman–Crippen LogP) is 6.38. The van der Waals surface area contributed by atoms with Gasteiger partial charge in [0, 0.05) is 18.6 Å². The largest absolute Gasteiger partial charge is 0.463 e. The highest BCUT2D eigenvalue weighted by atomic mass is 35.5. The van der Waals surface area contributed by atoms with Crippen LogP contribution >= 0.6 is 11.6 Å². The van der Waals surface area contributed by atoms with Crippen molar-refractivity contribution in [3.8, 4) is 0 Å².